The number of carbonyl (C=O) groups excluding carboxylic acids is 2. The minimum absolute atomic E-state index is 0.0541. The molecule has 1 saturated heterocycles. The Labute approximate surface area is 260 Å². The number of β-amino-alcohol motifs (C(OH)–C–C–N with tert-alkyl or cyclic N) is 1. The molecule has 2 amide bonds. The Morgan fingerprint density at radius 3 is 2.33 bits per heavy atom. The second-order valence-electron chi connectivity index (χ2n) is 10.9. The van der Waals surface area contributed by atoms with Crippen molar-refractivity contribution in [2.45, 2.75) is 35.6 Å². The van der Waals surface area contributed by atoms with Crippen molar-refractivity contribution in [1.82, 2.24) is 9.80 Å². The van der Waals surface area contributed by atoms with Crippen LogP contribution < -0.4 is 18.5 Å². The zero-order chi connectivity index (χ0) is 32.8. The average Bonchev–Trinajstić information content (AvgIpc) is 3.54. The number of ether oxygens (including phenoxy) is 3. The maximum absolute atomic E-state index is 15.2. The Hall–Kier alpha value is -4.24. The van der Waals surface area contributed by atoms with Gasteiger partial charge in [-0.05, 0) is 54.4 Å². The number of methoxy groups -OCH3 is 3. The normalized spacial score (nSPS) is 21.5. The third kappa shape index (κ3) is 4.97. The average molecular weight is 644 g/mol. The number of benzene rings is 3. The molecule has 0 radical (unpaired) electrons. The Morgan fingerprint density at radius 2 is 1.71 bits per heavy atom. The molecule has 3 aromatic rings. The molecule has 0 saturated carbocycles. The number of hydrogen-bond donors (Lipinski definition) is 2. The van der Waals surface area contributed by atoms with Crippen molar-refractivity contribution in [3.05, 3.63) is 77.1 Å². The van der Waals surface area contributed by atoms with Gasteiger partial charge in [0.2, 0.25) is 5.91 Å². The van der Waals surface area contributed by atoms with E-state index in [-0.39, 0.29) is 46.2 Å². The minimum Gasteiger partial charge on any atom is -0.497 e. The molecular formula is C31H34FN3O9S. The Balaban J connectivity index is 1.89. The Bertz CT molecular complexity index is 1770. The molecule has 5 rings (SSSR count). The second kappa shape index (κ2) is 11.9. The maximum atomic E-state index is 15.2. The number of likely N-dealkylation sites (tertiary alicyclic amines) is 1. The van der Waals surface area contributed by atoms with Crippen LogP contribution in [0.4, 0.5) is 10.1 Å². The summed E-state index contributed by atoms with van der Waals surface area (Å²) in [6.07, 6.45) is -1.18. The lowest BCUT2D eigenvalue weighted by molar-refractivity contribution is -0.138. The van der Waals surface area contributed by atoms with Crippen LogP contribution in [0.2, 0.25) is 0 Å². The lowest BCUT2D eigenvalue weighted by Gasteiger charge is -2.42. The van der Waals surface area contributed by atoms with Crippen molar-refractivity contribution in [2.24, 2.45) is 0 Å². The number of likely N-dealkylation sites (N-methyl/N-ethyl adjacent to an activating group) is 1. The monoisotopic (exact) mass is 643 g/mol. The highest BCUT2D eigenvalue weighted by molar-refractivity contribution is 7.93. The SMILES string of the molecule is COc1ccc(S(=O)(=O)N2C(=O)C(c3cc(CO)ccc3OC)(N3C[C@H](O)C[C@H]3C(=O)N(C)C)c3cc(F)ccc32)c(OC)c1. The number of aliphatic hydroxyl groups excluding tert-OH is 2. The second-order valence-corrected chi connectivity index (χ2v) is 12.7. The van der Waals surface area contributed by atoms with Crippen molar-refractivity contribution in [2.75, 3.05) is 46.3 Å². The topological polar surface area (TPSA) is 146 Å². The van der Waals surface area contributed by atoms with Crippen LogP contribution >= 0.6 is 0 Å². The first-order chi connectivity index (χ1) is 21.4. The van der Waals surface area contributed by atoms with Crippen molar-refractivity contribution in [3.63, 3.8) is 0 Å². The number of aliphatic hydroxyl groups is 2. The summed E-state index contributed by atoms with van der Waals surface area (Å²) in [4.78, 5) is 31.2. The maximum Gasteiger partial charge on any atom is 0.274 e. The van der Waals surface area contributed by atoms with Crippen LogP contribution in [0.15, 0.2) is 59.5 Å². The number of sulfonamides is 1. The zero-order valence-corrected chi connectivity index (χ0v) is 26.2. The summed E-state index contributed by atoms with van der Waals surface area (Å²) >= 11 is 0. The summed E-state index contributed by atoms with van der Waals surface area (Å²) in [5, 5.41) is 21.0. The van der Waals surface area contributed by atoms with Gasteiger partial charge in [0, 0.05) is 37.8 Å². The number of halogens is 1. The van der Waals surface area contributed by atoms with Gasteiger partial charge in [-0.1, -0.05) is 6.07 Å². The van der Waals surface area contributed by atoms with E-state index in [1.165, 1.54) is 81.6 Å². The molecule has 2 aliphatic rings. The number of fused-ring (bicyclic) bond motifs is 1. The van der Waals surface area contributed by atoms with Crippen LogP contribution in [0, 0.1) is 5.82 Å². The summed E-state index contributed by atoms with van der Waals surface area (Å²) < 4.78 is 61.1. The molecule has 1 fully saturated rings. The first-order valence-electron chi connectivity index (χ1n) is 13.9. The third-order valence-electron chi connectivity index (χ3n) is 8.22. The molecule has 240 valence electrons. The molecule has 0 spiro atoms. The van der Waals surface area contributed by atoms with E-state index in [1.807, 2.05) is 0 Å². The Morgan fingerprint density at radius 1 is 1.00 bits per heavy atom. The lowest BCUT2D eigenvalue weighted by Crippen LogP contribution is -2.59. The van der Waals surface area contributed by atoms with Gasteiger partial charge >= 0.3 is 0 Å². The molecule has 12 nitrogen and oxygen atoms in total. The van der Waals surface area contributed by atoms with E-state index in [0.29, 0.717) is 15.6 Å². The van der Waals surface area contributed by atoms with Crippen LogP contribution in [-0.4, -0.2) is 94.4 Å². The van der Waals surface area contributed by atoms with Gasteiger partial charge in [-0.15, -0.1) is 0 Å². The van der Waals surface area contributed by atoms with E-state index in [0.717, 1.165) is 12.1 Å². The van der Waals surface area contributed by atoms with Gasteiger partial charge in [-0.3, -0.25) is 14.5 Å². The van der Waals surface area contributed by atoms with Gasteiger partial charge in [0.1, 0.15) is 28.0 Å². The number of nitrogens with zero attached hydrogens (tertiary/aromatic N) is 3. The molecule has 45 heavy (non-hydrogen) atoms. The molecule has 0 aromatic heterocycles. The van der Waals surface area contributed by atoms with Crippen LogP contribution in [0.3, 0.4) is 0 Å². The zero-order valence-electron chi connectivity index (χ0n) is 25.4. The summed E-state index contributed by atoms with van der Waals surface area (Å²) in [5.74, 6) is -2.02. The smallest absolute Gasteiger partial charge is 0.274 e. The van der Waals surface area contributed by atoms with Gasteiger partial charge in [0.15, 0.2) is 5.54 Å². The van der Waals surface area contributed by atoms with Crippen molar-refractivity contribution in [1.29, 1.82) is 0 Å². The van der Waals surface area contributed by atoms with E-state index in [2.05, 4.69) is 0 Å². The largest absolute Gasteiger partial charge is 0.497 e. The Kier molecular flexibility index (Phi) is 8.53. The standard InChI is InChI=1S/C31H34FN3O9S/c1-33(2)29(38)25-14-20(37)16-34(25)31(23-12-18(17-36)6-10-26(23)43-4)22-13-19(32)7-9-24(22)35(30(31)39)45(40,41)28-11-8-21(42-3)15-27(28)44-5/h6-13,15,20,25,36-37H,14,16-17H2,1-5H3/t20-,25+,31?/m1/s1. The quantitative estimate of drug-likeness (QED) is 0.354. The fourth-order valence-electron chi connectivity index (χ4n) is 6.22. The van der Waals surface area contributed by atoms with Crippen LogP contribution in [0.25, 0.3) is 0 Å². The predicted octanol–water partition coefficient (Wildman–Crippen LogP) is 1.85. The van der Waals surface area contributed by atoms with Crippen LogP contribution in [-0.2, 0) is 31.8 Å². The molecular weight excluding hydrogens is 609 g/mol. The summed E-state index contributed by atoms with van der Waals surface area (Å²) in [6.45, 7) is -0.705. The molecule has 2 aliphatic heterocycles. The van der Waals surface area contributed by atoms with Crippen LogP contribution in [0.5, 0.6) is 17.2 Å². The molecule has 2 N–H and O–H groups in total. The number of rotatable bonds is 9. The number of amides is 2. The van der Waals surface area contributed by atoms with E-state index < -0.39 is 51.9 Å². The van der Waals surface area contributed by atoms with E-state index in [9.17, 15) is 23.4 Å². The van der Waals surface area contributed by atoms with E-state index in [1.54, 1.807) is 6.07 Å². The third-order valence-corrected chi connectivity index (χ3v) is 9.96. The fourth-order valence-corrected chi connectivity index (χ4v) is 7.82. The van der Waals surface area contributed by atoms with Gasteiger partial charge < -0.3 is 29.3 Å². The highest BCUT2D eigenvalue weighted by atomic mass is 32.2. The molecule has 2 heterocycles. The highest BCUT2D eigenvalue weighted by Crippen LogP contribution is 2.55. The van der Waals surface area contributed by atoms with Crippen molar-refractivity contribution >= 4 is 27.5 Å². The van der Waals surface area contributed by atoms with Crippen molar-refractivity contribution < 1.29 is 46.8 Å². The number of anilines is 1. The number of hydrogen-bond acceptors (Lipinski definition) is 10. The molecule has 3 aromatic carbocycles. The highest BCUT2D eigenvalue weighted by Gasteiger charge is 2.64. The molecule has 0 aliphatic carbocycles. The first kappa shape index (κ1) is 32.2. The van der Waals surface area contributed by atoms with Gasteiger partial charge in [0.25, 0.3) is 15.9 Å². The van der Waals surface area contributed by atoms with Gasteiger partial charge in [-0.2, -0.15) is 0 Å². The lowest BCUT2D eigenvalue weighted by atomic mass is 9.80. The molecule has 0 bridgehead atoms. The fraction of sp³-hybridized carbons (Fsp3) is 0.355. The van der Waals surface area contributed by atoms with Crippen molar-refractivity contribution in [3.8, 4) is 17.2 Å². The summed E-state index contributed by atoms with van der Waals surface area (Å²) in [6, 6.07) is 10.6. The van der Waals surface area contributed by atoms with Gasteiger partial charge in [-0.25, -0.2) is 17.1 Å². The van der Waals surface area contributed by atoms with Gasteiger partial charge in [0.05, 0.1) is 45.8 Å². The molecule has 14 heteroatoms. The molecule has 3 atom stereocenters. The first-order valence-corrected chi connectivity index (χ1v) is 15.4. The van der Waals surface area contributed by atoms with Crippen LogP contribution in [0.1, 0.15) is 23.1 Å². The number of carbonyl (C=O) groups is 2. The summed E-state index contributed by atoms with van der Waals surface area (Å²) in [5.41, 5.74) is -2.09. The predicted molar refractivity (Wildman–Crippen MR) is 160 cm³/mol. The minimum atomic E-state index is -4.79. The molecule has 1 unspecified atom stereocenters. The van der Waals surface area contributed by atoms with E-state index >= 15 is 9.18 Å². The summed E-state index contributed by atoms with van der Waals surface area (Å²) in [7, 11) is 2.25. The van der Waals surface area contributed by atoms with E-state index in [4.69, 9.17) is 14.2 Å².